The van der Waals surface area contributed by atoms with E-state index in [1.165, 1.54) is 4.90 Å². The molecule has 0 aliphatic carbocycles. The molecule has 1 N–H and O–H groups in total. The van der Waals surface area contributed by atoms with Gasteiger partial charge in [-0.05, 0) is 26.7 Å². The lowest BCUT2D eigenvalue weighted by molar-refractivity contribution is -0.152. The number of amides is 3. The van der Waals surface area contributed by atoms with Crippen molar-refractivity contribution in [3.8, 4) is 0 Å². The molecular weight excluding hydrogens is 412 g/mol. The second kappa shape index (κ2) is 11.6. The number of ether oxygens (including phenoxy) is 1. The van der Waals surface area contributed by atoms with Crippen molar-refractivity contribution < 1.29 is 28.4 Å². The summed E-state index contributed by atoms with van der Waals surface area (Å²) in [5.41, 5.74) is 0. The standard InChI is InChI=1S/C19H28N4O6S/c1-4-28-19(27)14-6-5-7-23(9-14)17(25)10-22(3)18(26)12-30-11-16(24)20-15-8-13(2)29-21-15/h8,14H,4-7,9-12H2,1-3H3,(H,20,21,24). The van der Waals surface area contributed by atoms with Crippen molar-refractivity contribution in [2.75, 3.05) is 50.1 Å². The van der Waals surface area contributed by atoms with Gasteiger partial charge in [-0.2, -0.15) is 0 Å². The Balaban J connectivity index is 1.70. The van der Waals surface area contributed by atoms with Crippen LogP contribution in [-0.2, 0) is 23.9 Å². The van der Waals surface area contributed by atoms with Gasteiger partial charge < -0.3 is 24.4 Å². The van der Waals surface area contributed by atoms with Crippen LogP contribution >= 0.6 is 11.8 Å². The number of nitrogens with zero attached hydrogens (tertiary/aromatic N) is 3. The Hall–Kier alpha value is -2.56. The predicted molar refractivity (Wildman–Crippen MR) is 111 cm³/mol. The summed E-state index contributed by atoms with van der Waals surface area (Å²) in [4.78, 5) is 51.5. The molecule has 10 nitrogen and oxygen atoms in total. The zero-order valence-electron chi connectivity index (χ0n) is 17.5. The Morgan fingerprint density at radius 1 is 1.37 bits per heavy atom. The number of thioether (sulfide) groups is 1. The molecule has 0 aromatic carbocycles. The third-order valence-electron chi connectivity index (χ3n) is 4.55. The van der Waals surface area contributed by atoms with E-state index >= 15 is 0 Å². The SMILES string of the molecule is CCOC(=O)C1CCCN(C(=O)CN(C)C(=O)CSCC(=O)Nc2cc(C)on2)C1. The fourth-order valence-corrected chi connectivity index (χ4v) is 3.75. The molecule has 2 heterocycles. The maximum Gasteiger partial charge on any atom is 0.310 e. The van der Waals surface area contributed by atoms with Crippen LogP contribution in [0.2, 0.25) is 0 Å². The summed E-state index contributed by atoms with van der Waals surface area (Å²) >= 11 is 1.15. The highest BCUT2D eigenvalue weighted by atomic mass is 32.2. The second-order valence-electron chi connectivity index (χ2n) is 7.04. The molecule has 0 radical (unpaired) electrons. The average Bonchev–Trinajstić information content (AvgIpc) is 3.12. The van der Waals surface area contributed by atoms with Gasteiger partial charge in [-0.3, -0.25) is 19.2 Å². The molecule has 3 amide bonds. The van der Waals surface area contributed by atoms with Crippen LogP contribution in [0.3, 0.4) is 0 Å². The van der Waals surface area contributed by atoms with E-state index in [9.17, 15) is 19.2 Å². The lowest BCUT2D eigenvalue weighted by atomic mass is 9.98. The molecule has 2 rings (SSSR count). The minimum atomic E-state index is -0.314. The first-order chi connectivity index (χ1) is 14.3. The number of hydrogen-bond donors (Lipinski definition) is 1. The number of esters is 1. The lowest BCUT2D eigenvalue weighted by Crippen LogP contribution is -2.47. The number of likely N-dealkylation sites (N-methyl/N-ethyl adjacent to an activating group) is 1. The molecule has 1 atom stereocenters. The van der Waals surface area contributed by atoms with E-state index in [-0.39, 0.29) is 47.7 Å². The highest BCUT2D eigenvalue weighted by Crippen LogP contribution is 2.18. The fourth-order valence-electron chi connectivity index (χ4n) is 2.99. The topological polar surface area (TPSA) is 122 Å². The molecular formula is C19H28N4O6S. The summed E-state index contributed by atoms with van der Waals surface area (Å²) in [5, 5.41) is 6.24. The minimum Gasteiger partial charge on any atom is -0.466 e. The molecule has 1 aliphatic rings. The molecule has 0 saturated carbocycles. The van der Waals surface area contributed by atoms with Crippen LogP contribution in [0.5, 0.6) is 0 Å². The lowest BCUT2D eigenvalue weighted by Gasteiger charge is -2.32. The first-order valence-electron chi connectivity index (χ1n) is 9.79. The maximum atomic E-state index is 12.5. The van der Waals surface area contributed by atoms with Crippen molar-refractivity contribution in [3.05, 3.63) is 11.8 Å². The van der Waals surface area contributed by atoms with Gasteiger partial charge in [-0.1, -0.05) is 5.16 Å². The van der Waals surface area contributed by atoms with Crippen LogP contribution in [-0.4, -0.2) is 83.4 Å². The van der Waals surface area contributed by atoms with Crippen LogP contribution in [0.1, 0.15) is 25.5 Å². The summed E-state index contributed by atoms with van der Waals surface area (Å²) in [6.07, 6.45) is 1.42. The summed E-state index contributed by atoms with van der Waals surface area (Å²) in [6, 6.07) is 1.60. The Morgan fingerprint density at radius 3 is 2.80 bits per heavy atom. The largest absolute Gasteiger partial charge is 0.466 e. The number of nitrogens with one attached hydrogen (secondary N) is 1. The molecule has 1 aromatic heterocycles. The van der Waals surface area contributed by atoms with Gasteiger partial charge in [-0.25, -0.2) is 0 Å². The molecule has 1 aromatic rings. The van der Waals surface area contributed by atoms with Crippen molar-refractivity contribution in [2.45, 2.75) is 26.7 Å². The van der Waals surface area contributed by atoms with Gasteiger partial charge in [0.2, 0.25) is 17.7 Å². The molecule has 1 aliphatic heterocycles. The predicted octanol–water partition coefficient (Wildman–Crippen LogP) is 0.915. The normalized spacial score (nSPS) is 16.1. The van der Waals surface area contributed by atoms with Crippen LogP contribution in [0.25, 0.3) is 0 Å². The number of aryl methyl sites for hydroxylation is 1. The second-order valence-corrected chi connectivity index (χ2v) is 8.03. The van der Waals surface area contributed by atoms with Crippen LogP contribution in [0.4, 0.5) is 5.82 Å². The van der Waals surface area contributed by atoms with E-state index < -0.39 is 0 Å². The molecule has 30 heavy (non-hydrogen) atoms. The van der Waals surface area contributed by atoms with Crippen LogP contribution in [0, 0.1) is 12.8 Å². The van der Waals surface area contributed by atoms with Gasteiger partial charge >= 0.3 is 5.97 Å². The number of anilines is 1. The number of likely N-dealkylation sites (tertiary alicyclic amines) is 1. The Labute approximate surface area is 179 Å². The molecule has 1 unspecified atom stereocenters. The van der Waals surface area contributed by atoms with Gasteiger partial charge in [-0.15, -0.1) is 11.8 Å². The maximum absolute atomic E-state index is 12.5. The van der Waals surface area contributed by atoms with Gasteiger partial charge in [0, 0.05) is 26.2 Å². The summed E-state index contributed by atoms with van der Waals surface area (Å²) in [7, 11) is 1.55. The van der Waals surface area contributed by atoms with Crippen molar-refractivity contribution in [1.29, 1.82) is 0 Å². The molecule has 1 saturated heterocycles. The van der Waals surface area contributed by atoms with Gasteiger partial charge in [0.15, 0.2) is 5.82 Å². The van der Waals surface area contributed by atoms with E-state index in [4.69, 9.17) is 9.26 Å². The first-order valence-corrected chi connectivity index (χ1v) is 10.9. The van der Waals surface area contributed by atoms with Gasteiger partial charge in [0.25, 0.3) is 0 Å². The fraction of sp³-hybridized carbons (Fsp3) is 0.632. The third-order valence-corrected chi connectivity index (χ3v) is 5.46. The monoisotopic (exact) mass is 440 g/mol. The van der Waals surface area contributed by atoms with E-state index in [0.29, 0.717) is 37.7 Å². The molecule has 0 spiro atoms. The highest BCUT2D eigenvalue weighted by Gasteiger charge is 2.30. The van der Waals surface area contributed by atoms with Crippen molar-refractivity contribution in [2.24, 2.45) is 5.92 Å². The summed E-state index contributed by atoms with van der Waals surface area (Å²) < 4.78 is 9.91. The Kier molecular flexibility index (Phi) is 9.15. The zero-order valence-corrected chi connectivity index (χ0v) is 18.3. The van der Waals surface area contributed by atoms with E-state index in [1.807, 2.05) is 0 Å². The Morgan fingerprint density at radius 2 is 2.13 bits per heavy atom. The average molecular weight is 441 g/mol. The van der Waals surface area contributed by atoms with E-state index in [2.05, 4.69) is 10.5 Å². The molecule has 11 heteroatoms. The third kappa shape index (κ3) is 7.36. The number of carbonyl (C=O) groups excluding carboxylic acids is 4. The summed E-state index contributed by atoms with van der Waals surface area (Å²) in [5.74, 6) is -0.287. The van der Waals surface area contributed by atoms with Gasteiger partial charge in [0.1, 0.15) is 5.76 Å². The first kappa shape index (κ1) is 23.7. The minimum absolute atomic E-state index is 0.0699. The van der Waals surface area contributed by atoms with Gasteiger partial charge in [0.05, 0.1) is 30.6 Å². The zero-order chi connectivity index (χ0) is 22.1. The number of carbonyl (C=O) groups is 4. The van der Waals surface area contributed by atoms with Crippen molar-refractivity contribution in [3.63, 3.8) is 0 Å². The molecule has 0 bridgehead atoms. The Bertz CT molecular complexity index is 768. The number of piperidine rings is 1. The molecule has 166 valence electrons. The van der Waals surface area contributed by atoms with Crippen molar-refractivity contribution in [1.82, 2.24) is 15.0 Å². The number of hydrogen-bond acceptors (Lipinski definition) is 8. The van der Waals surface area contributed by atoms with Crippen LogP contribution < -0.4 is 5.32 Å². The van der Waals surface area contributed by atoms with E-state index in [0.717, 1.165) is 18.2 Å². The van der Waals surface area contributed by atoms with E-state index in [1.54, 1.807) is 31.9 Å². The molecule has 1 fully saturated rings. The summed E-state index contributed by atoms with van der Waals surface area (Å²) in [6.45, 7) is 4.59. The van der Waals surface area contributed by atoms with Crippen molar-refractivity contribution >= 4 is 41.3 Å². The smallest absolute Gasteiger partial charge is 0.310 e. The van der Waals surface area contributed by atoms with Crippen LogP contribution in [0.15, 0.2) is 10.6 Å². The highest BCUT2D eigenvalue weighted by molar-refractivity contribution is 8.00. The number of aromatic nitrogens is 1. The number of rotatable bonds is 9. The quantitative estimate of drug-likeness (QED) is 0.563.